The summed E-state index contributed by atoms with van der Waals surface area (Å²) in [5.74, 6) is 1.47. The van der Waals surface area contributed by atoms with Crippen molar-refractivity contribution in [2.45, 2.75) is 13.3 Å². The Kier molecular flexibility index (Phi) is 3.84. The number of ether oxygens (including phenoxy) is 1. The monoisotopic (exact) mass is 278 g/mol. The summed E-state index contributed by atoms with van der Waals surface area (Å²) in [6, 6.07) is 16.3. The van der Waals surface area contributed by atoms with Crippen LogP contribution in [-0.2, 0) is 6.42 Å². The summed E-state index contributed by atoms with van der Waals surface area (Å²) in [4.78, 5) is 4.42. The third-order valence-corrected chi connectivity index (χ3v) is 3.48. The van der Waals surface area contributed by atoms with Gasteiger partial charge >= 0.3 is 0 Å². The zero-order valence-corrected chi connectivity index (χ0v) is 12.0. The van der Waals surface area contributed by atoms with Crippen molar-refractivity contribution < 1.29 is 4.74 Å². The van der Waals surface area contributed by atoms with Crippen molar-refractivity contribution in [1.82, 2.24) is 4.98 Å². The molecule has 0 amide bonds. The average molecular weight is 278 g/mol. The molecule has 0 bridgehead atoms. The summed E-state index contributed by atoms with van der Waals surface area (Å²) >= 11 is 0. The molecule has 0 spiro atoms. The lowest BCUT2D eigenvalue weighted by Crippen LogP contribution is -2.03. The zero-order valence-electron chi connectivity index (χ0n) is 12.0. The minimum Gasteiger partial charge on any atom is -0.438 e. The predicted octanol–water partition coefficient (Wildman–Crippen LogP) is 3.84. The van der Waals surface area contributed by atoms with Gasteiger partial charge in [-0.2, -0.15) is 0 Å². The van der Waals surface area contributed by atoms with E-state index in [0.717, 1.165) is 34.1 Å². The summed E-state index contributed by atoms with van der Waals surface area (Å²) in [7, 11) is 0. The Morgan fingerprint density at radius 1 is 1.10 bits per heavy atom. The number of fused-ring (bicyclic) bond motifs is 1. The van der Waals surface area contributed by atoms with Crippen LogP contribution in [0, 0.1) is 6.92 Å². The van der Waals surface area contributed by atoms with Crippen molar-refractivity contribution in [1.29, 1.82) is 0 Å². The number of aromatic nitrogens is 1. The first-order chi connectivity index (χ1) is 10.3. The van der Waals surface area contributed by atoms with Crippen LogP contribution in [0.25, 0.3) is 10.8 Å². The third kappa shape index (κ3) is 2.88. The van der Waals surface area contributed by atoms with Gasteiger partial charge in [0.15, 0.2) is 0 Å². The van der Waals surface area contributed by atoms with E-state index in [-0.39, 0.29) is 0 Å². The van der Waals surface area contributed by atoms with Gasteiger partial charge in [-0.05, 0) is 43.0 Å². The molecular weight excluding hydrogens is 260 g/mol. The van der Waals surface area contributed by atoms with E-state index in [9.17, 15) is 0 Å². The number of hydrogen-bond donors (Lipinski definition) is 1. The van der Waals surface area contributed by atoms with Gasteiger partial charge in [0, 0.05) is 17.1 Å². The molecule has 1 aromatic heterocycles. The average Bonchev–Trinajstić information content (AvgIpc) is 2.51. The molecule has 0 aliphatic rings. The quantitative estimate of drug-likeness (QED) is 0.789. The van der Waals surface area contributed by atoms with Crippen molar-refractivity contribution in [2.75, 3.05) is 6.54 Å². The number of hydrogen-bond acceptors (Lipinski definition) is 3. The minimum atomic E-state index is 0.630. The van der Waals surface area contributed by atoms with Crippen LogP contribution < -0.4 is 10.5 Å². The highest BCUT2D eigenvalue weighted by Gasteiger charge is 2.07. The van der Waals surface area contributed by atoms with Gasteiger partial charge < -0.3 is 10.5 Å². The first-order valence-corrected chi connectivity index (χ1v) is 7.09. The summed E-state index contributed by atoms with van der Waals surface area (Å²) in [6.45, 7) is 2.64. The Balaban J connectivity index is 1.95. The summed E-state index contributed by atoms with van der Waals surface area (Å²) < 4.78 is 6.01. The number of benzene rings is 2. The van der Waals surface area contributed by atoms with E-state index in [1.54, 1.807) is 0 Å². The van der Waals surface area contributed by atoms with Crippen molar-refractivity contribution >= 4 is 10.8 Å². The lowest BCUT2D eigenvalue weighted by molar-refractivity contribution is 0.463. The first-order valence-electron chi connectivity index (χ1n) is 7.09. The first kappa shape index (κ1) is 13.6. The van der Waals surface area contributed by atoms with Crippen molar-refractivity contribution in [3.05, 3.63) is 65.9 Å². The van der Waals surface area contributed by atoms with Crippen molar-refractivity contribution in [2.24, 2.45) is 5.73 Å². The molecule has 3 rings (SSSR count). The van der Waals surface area contributed by atoms with Crippen LogP contribution in [0.2, 0.25) is 0 Å². The summed E-state index contributed by atoms with van der Waals surface area (Å²) in [5.41, 5.74) is 7.74. The smallest absolute Gasteiger partial charge is 0.222 e. The van der Waals surface area contributed by atoms with Gasteiger partial charge in [-0.1, -0.05) is 36.4 Å². The van der Waals surface area contributed by atoms with Crippen LogP contribution in [0.15, 0.2) is 54.7 Å². The number of aryl methyl sites for hydroxylation is 1. The predicted molar refractivity (Wildman–Crippen MR) is 85.8 cm³/mol. The molecule has 0 unspecified atom stereocenters. The largest absolute Gasteiger partial charge is 0.438 e. The Hall–Kier alpha value is -2.39. The highest BCUT2D eigenvalue weighted by atomic mass is 16.5. The molecule has 0 saturated carbocycles. The maximum absolute atomic E-state index is 6.01. The van der Waals surface area contributed by atoms with Gasteiger partial charge in [0.2, 0.25) is 5.88 Å². The van der Waals surface area contributed by atoms with Crippen LogP contribution in [0.4, 0.5) is 0 Å². The molecule has 21 heavy (non-hydrogen) atoms. The third-order valence-electron chi connectivity index (χ3n) is 3.48. The fourth-order valence-electron chi connectivity index (χ4n) is 2.42. The molecular formula is C18H18N2O. The maximum atomic E-state index is 6.01. The highest BCUT2D eigenvalue weighted by molar-refractivity contribution is 5.88. The van der Waals surface area contributed by atoms with E-state index in [2.05, 4.69) is 29.2 Å². The normalized spacial score (nSPS) is 10.8. The molecule has 0 fully saturated rings. The van der Waals surface area contributed by atoms with Gasteiger partial charge in [-0.25, -0.2) is 4.98 Å². The van der Waals surface area contributed by atoms with E-state index in [1.165, 1.54) is 0 Å². The van der Waals surface area contributed by atoms with Crippen LogP contribution in [-0.4, -0.2) is 11.5 Å². The molecule has 0 aliphatic heterocycles. The highest BCUT2D eigenvalue weighted by Crippen LogP contribution is 2.30. The van der Waals surface area contributed by atoms with E-state index < -0.39 is 0 Å². The van der Waals surface area contributed by atoms with Crippen molar-refractivity contribution in [3.8, 4) is 11.6 Å². The summed E-state index contributed by atoms with van der Waals surface area (Å²) in [6.07, 6.45) is 2.67. The Morgan fingerprint density at radius 2 is 1.90 bits per heavy atom. The molecule has 2 N–H and O–H groups in total. The van der Waals surface area contributed by atoms with Crippen LogP contribution >= 0.6 is 0 Å². The topological polar surface area (TPSA) is 48.1 Å². The molecule has 1 heterocycles. The molecule has 106 valence electrons. The molecule has 3 heteroatoms. The molecule has 0 aliphatic carbocycles. The van der Waals surface area contributed by atoms with Gasteiger partial charge in [-0.15, -0.1) is 0 Å². The Morgan fingerprint density at radius 3 is 2.71 bits per heavy atom. The Bertz CT molecular complexity index is 763. The molecule has 0 radical (unpaired) electrons. The second kappa shape index (κ2) is 5.94. The number of rotatable bonds is 4. The van der Waals surface area contributed by atoms with Gasteiger partial charge in [-0.3, -0.25) is 0 Å². The van der Waals surface area contributed by atoms with Crippen molar-refractivity contribution in [3.63, 3.8) is 0 Å². The van der Waals surface area contributed by atoms with E-state index >= 15 is 0 Å². The zero-order chi connectivity index (χ0) is 14.7. The Labute approximate surface area is 124 Å². The SMILES string of the molecule is Cc1cc(CCN)cnc1Oc1cccc2ccccc12. The van der Waals surface area contributed by atoms with Crippen LogP contribution in [0.1, 0.15) is 11.1 Å². The van der Waals surface area contributed by atoms with E-state index in [4.69, 9.17) is 10.5 Å². The lowest BCUT2D eigenvalue weighted by Gasteiger charge is -2.11. The van der Waals surface area contributed by atoms with E-state index in [1.807, 2.05) is 37.4 Å². The molecule has 3 nitrogen and oxygen atoms in total. The van der Waals surface area contributed by atoms with Crippen LogP contribution in [0.3, 0.4) is 0 Å². The second-order valence-electron chi connectivity index (χ2n) is 5.08. The van der Waals surface area contributed by atoms with Gasteiger partial charge in [0.1, 0.15) is 5.75 Å². The number of pyridine rings is 1. The molecule has 3 aromatic rings. The lowest BCUT2D eigenvalue weighted by atomic mass is 10.1. The number of nitrogens with zero attached hydrogens (tertiary/aromatic N) is 1. The minimum absolute atomic E-state index is 0.630. The maximum Gasteiger partial charge on any atom is 0.222 e. The second-order valence-corrected chi connectivity index (χ2v) is 5.08. The fourth-order valence-corrected chi connectivity index (χ4v) is 2.42. The molecule has 2 aromatic carbocycles. The molecule has 0 saturated heterocycles. The standard InChI is InChI=1S/C18H18N2O/c1-13-11-14(9-10-19)12-20-18(13)21-17-8-4-6-15-5-2-3-7-16(15)17/h2-8,11-12H,9-10,19H2,1H3. The van der Waals surface area contributed by atoms with Gasteiger partial charge in [0.25, 0.3) is 0 Å². The molecule has 0 atom stereocenters. The number of nitrogens with two attached hydrogens (primary N) is 1. The van der Waals surface area contributed by atoms with E-state index in [0.29, 0.717) is 12.4 Å². The fraction of sp³-hybridized carbons (Fsp3) is 0.167. The summed E-state index contributed by atoms with van der Waals surface area (Å²) in [5, 5.41) is 2.25. The van der Waals surface area contributed by atoms with Gasteiger partial charge in [0.05, 0.1) is 0 Å². The van der Waals surface area contributed by atoms with Crippen LogP contribution in [0.5, 0.6) is 11.6 Å².